The highest BCUT2D eigenvalue weighted by molar-refractivity contribution is 5.79. The number of hydrogen-bond acceptors (Lipinski definition) is 4. The highest BCUT2D eigenvalue weighted by Crippen LogP contribution is 2.05. The van der Waals surface area contributed by atoms with Crippen molar-refractivity contribution in [1.82, 2.24) is 16.0 Å². The van der Waals surface area contributed by atoms with Crippen LogP contribution in [0, 0.1) is 0 Å². The van der Waals surface area contributed by atoms with E-state index >= 15 is 0 Å². The zero-order chi connectivity index (χ0) is 14.7. The van der Waals surface area contributed by atoms with Gasteiger partial charge in [-0.25, -0.2) is 4.79 Å². The van der Waals surface area contributed by atoms with Crippen LogP contribution >= 0.6 is 0 Å². The highest BCUT2D eigenvalue weighted by Gasteiger charge is 2.15. The van der Waals surface area contributed by atoms with E-state index in [0.717, 1.165) is 0 Å². The molecule has 0 atom stereocenters. The van der Waals surface area contributed by atoms with E-state index in [1.807, 2.05) is 20.8 Å². The minimum absolute atomic E-state index is 0.420. The second-order valence-electron chi connectivity index (χ2n) is 4.85. The summed E-state index contributed by atoms with van der Waals surface area (Å²) >= 11 is 0. The van der Waals surface area contributed by atoms with Crippen LogP contribution in [0.25, 0.3) is 0 Å². The lowest BCUT2D eigenvalue weighted by atomic mass is 10.2. The average Bonchev–Trinajstić information content (AvgIpc) is 2.30. The van der Waals surface area contributed by atoms with Crippen molar-refractivity contribution >= 4 is 12.1 Å². The number of ether oxygens (including phenoxy) is 2. The molecule has 0 heterocycles. The number of alkyl carbamates (subject to hydrolysis) is 1. The van der Waals surface area contributed by atoms with Crippen LogP contribution in [0.2, 0.25) is 0 Å². The van der Waals surface area contributed by atoms with Gasteiger partial charge in [0.1, 0.15) is 5.60 Å². The van der Waals surface area contributed by atoms with Gasteiger partial charge in [-0.05, 0) is 20.8 Å². The maximum absolute atomic E-state index is 11.4. The Morgan fingerprint density at radius 3 is 2.21 bits per heavy atom. The third-order valence-electron chi connectivity index (χ3n) is 1.91. The van der Waals surface area contributed by atoms with Gasteiger partial charge in [0.25, 0.3) is 0 Å². The van der Waals surface area contributed by atoms with Gasteiger partial charge in [-0.2, -0.15) is 0 Å². The third kappa shape index (κ3) is 11.3. The Balaban J connectivity index is 3.69. The average molecular weight is 274 g/mol. The predicted molar refractivity (Wildman–Crippen MR) is 75.5 cm³/mol. The van der Waals surface area contributed by atoms with Gasteiger partial charge in [0.2, 0.25) is 0 Å². The van der Waals surface area contributed by atoms with Gasteiger partial charge in [0, 0.05) is 33.8 Å². The summed E-state index contributed by atoms with van der Waals surface area (Å²) in [4.78, 5) is 15.4. The van der Waals surface area contributed by atoms with E-state index in [0.29, 0.717) is 32.2 Å². The SMILES string of the molecule is CN=C(NCCNC(=O)OC(C)(C)C)NCCOC. The van der Waals surface area contributed by atoms with E-state index in [1.165, 1.54) is 0 Å². The Morgan fingerprint density at radius 1 is 1.11 bits per heavy atom. The molecule has 0 aromatic rings. The Kier molecular flexibility index (Phi) is 8.69. The molecule has 0 spiro atoms. The molecule has 0 aliphatic heterocycles. The molecule has 0 unspecified atom stereocenters. The van der Waals surface area contributed by atoms with Crippen LogP contribution in [-0.2, 0) is 9.47 Å². The molecule has 7 nitrogen and oxygen atoms in total. The summed E-state index contributed by atoms with van der Waals surface area (Å²) in [6.45, 7) is 7.78. The zero-order valence-electron chi connectivity index (χ0n) is 12.5. The first kappa shape index (κ1) is 17.5. The van der Waals surface area contributed by atoms with Gasteiger partial charge in [-0.3, -0.25) is 4.99 Å². The Morgan fingerprint density at radius 2 is 1.68 bits per heavy atom. The number of amides is 1. The van der Waals surface area contributed by atoms with E-state index in [1.54, 1.807) is 14.2 Å². The van der Waals surface area contributed by atoms with E-state index in [4.69, 9.17) is 9.47 Å². The Labute approximate surface area is 115 Å². The molecule has 7 heteroatoms. The first-order chi connectivity index (χ1) is 8.89. The molecule has 0 rings (SSSR count). The molecule has 0 bridgehead atoms. The largest absolute Gasteiger partial charge is 0.444 e. The minimum atomic E-state index is -0.477. The van der Waals surface area contributed by atoms with Crippen LogP contribution in [0.3, 0.4) is 0 Å². The summed E-state index contributed by atoms with van der Waals surface area (Å²) in [6.07, 6.45) is -0.420. The lowest BCUT2D eigenvalue weighted by molar-refractivity contribution is 0.0529. The number of guanidine groups is 1. The Hall–Kier alpha value is -1.50. The number of nitrogens with one attached hydrogen (secondary N) is 3. The molecule has 112 valence electrons. The van der Waals surface area contributed by atoms with Crippen molar-refractivity contribution < 1.29 is 14.3 Å². The molecular weight excluding hydrogens is 248 g/mol. The van der Waals surface area contributed by atoms with Crippen molar-refractivity contribution in [3.8, 4) is 0 Å². The molecule has 0 radical (unpaired) electrons. The van der Waals surface area contributed by atoms with Crippen LogP contribution in [0.4, 0.5) is 4.79 Å². The number of aliphatic imine (C=N–C) groups is 1. The maximum atomic E-state index is 11.4. The number of carbonyl (C=O) groups excluding carboxylic acids is 1. The molecule has 0 aromatic heterocycles. The fourth-order valence-electron chi connectivity index (χ4n) is 1.15. The van der Waals surface area contributed by atoms with Gasteiger partial charge in [-0.1, -0.05) is 0 Å². The number of carbonyl (C=O) groups is 1. The molecule has 3 N–H and O–H groups in total. The zero-order valence-corrected chi connectivity index (χ0v) is 12.5. The summed E-state index contributed by atoms with van der Waals surface area (Å²) in [6, 6.07) is 0. The lowest BCUT2D eigenvalue weighted by Gasteiger charge is -2.19. The van der Waals surface area contributed by atoms with Crippen molar-refractivity contribution in [2.24, 2.45) is 4.99 Å². The second kappa shape index (κ2) is 9.43. The monoisotopic (exact) mass is 274 g/mol. The minimum Gasteiger partial charge on any atom is -0.444 e. The summed E-state index contributed by atoms with van der Waals surface area (Å²) in [5.41, 5.74) is -0.477. The molecule has 19 heavy (non-hydrogen) atoms. The fourth-order valence-corrected chi connectivity index (χ4v) is 1.15. The lowest BCUT2D eigenvalue weighted by Crippen LogP contribution is -2.43. The maximum Gasteiger partial charge on any atom is 0.407 e. The van der Waals surface area contributed by atoms with Crippen LogP contribution < -0.4 is 16.0 Å². The van der Waals surface area contributed by atoms with Crippen LogP contribution in [0.15, 0.2) is 4.99 Å². The second-order valence-corrected chi connectivity index (χ2v) is 4.85. The van der Waals surface area contributed by atoms with Crippen molar-refractivity contribution in [3.63, 3.8) is 0 Å². The van der Waals surface area contributed by atoms with E-state index in [-0.39, 0.29) is 0 Å². The van der Waals surface area contributed by atoms with Crippen molar-refractivity contribution in [2.45, 2.75) is 26.4 Å². The summed E-state index contributed by atoms with van der Waals surface area (Å²) in [5.74, 6) is 0.669. The summed E-state index contributed by atoms with van der Waals surface area (Å²) in [7, 11) is 3.33. The topological polar surface area (TPSA) is 84.0 Å². The van der Waals surface area contributed by atoms with Crippen molar-refractivity contribution in [3.05, 3.63) is 0 Å². The van der Waals surface area contributed by atoms with Gasteiger partial charge in [0.15, 0.2) is 5.96 Å². The van der Waals surface area contributed by atoms with Gasteiger partial charge < -0.3 is 25.4 Å². The van der Waals surface area contributed by atoms with Crippen molar-refractivity contribution in [2.75, 3.05) is 40.4 Å². The van der Waals surface area contributed by atoms with Crippen LogP contribution in [-0.4, -0.2) is 58.1 Å². The smallest absolute Gasteiger partial charge is 0.407 e. The first-order valence-electron chi connectivity index (χ1n) is 6.29. The van der Waals surface area contributed by atoms with Gasteiger partial charge in [0.05, 0.1) is 6.61 Å². The molecule has 0 saturated carbocycles. The normalized spacial score (nSPS) is 11.9. The molecule has 0 fully saturated rings. The molecule has 0 aliphatic carbocycles. The van der Waals surface area contributed by atoms with Gasteiger partial charge in [-0.15, -0.1) is 0 Å². The molecule has 0 aromatic carbocycles. The number of rotatable bonds is 6. The molecule has 0 saturated heterocycles. The Bertz CT molecular complexity index is 287. The van der Waals surface area contributed by atoms with Crippen molar-refractivity contribution in [1.29, 1.82) is 0 Å². The van der Waals surface area contributed by atoms with Crippen LogP contribution in [0.1, 0.15) is 20.8 Å². The van der Waals surface area contributed by atoms with E-state index in [2.05, 4.69) is 20.9 Å². The third-order valence-corrected chi connectivity index (χ3v) is 1.91. The highest BCUT2D eigenvalue weighted by atomic mass is 16.6. The fraction of sp³-hybridized carbons (Fsp3) is 0.833. The van der Waals surface area contributed by atoms with Gasteiger partial charge >= 0.3 is 6.09 Å². The molecule has 1 amide bonds. The summed E-state index contributed by atoms with van der Waals surface area (Å²) < 4.78 is 10.0. The van der Waals surface area contributed by atoms with E-state index in [9.17, 15) is 4.79 Å². The standard InChI is InChI=1S/C12H26N4O3/c1-12(2,3)19-11(17)16-7-6-14-10(13-4)15-8-9-18-5/h6-9H2,1-5H3,(H,16,17)(H2,13,14,15). The molecular formula is C12H26N4O3. The first-order valence-corrected chi connectivity index (χ1v) is 6.29. The predicted octanol–water partition coefficient (Wildman–Crippen LogP) is 0.323. The number of hydrogen-bond donors (Lipinski definition) is 3. The quantitative estimate of drug-likeness (QED) is 0.369. The number of methoxy groups -OCH3 is 1. The van der Waals surface area contributed by atoms with E-state index < -0.39 is 11.7 Å². The van der Waals surface area contributed by atoms with Crippen LogP contribution in [0.5, 0.6) is 0 Å². The number of nitrogens with zero attached hydrogens (tertiary/aromatic N) is 1. The molecule has 0 aliphatic rings. The summed E-state index contributed by atoms with van der Waals surface area (Å²) in [5, 5.41) is 8.78.